The van der Waals surface area contributed by atoms with Gasteiger partial charge in [-0.05, 0) is 44.5 Å². The lowest BCUT2D eigenvalue weighted by Crippen LogP contribution is -2.56. The summed E-state index contributed by atoms with van der Waals surface area (Å²) in [6.07, 6.45) is 1.10. The number of benzene rings is 3. The van der Waals surface area contributed by atoms with Gasteiger partial charge < -0.3 is 10.2 Å². The van der Waals surface area contributed by atoms with Gasteiger partial charge in [0, 0.05) is 24.1 Å². The summed E-state index contributed by atoms with van der Waals surface area (Å²) in [5.41, 5.74) is 0.481. The van der Waals surface area contributed by atoms with E-state index in [9.17, 15) is 22.4 Å². The summed E-state index contributed by atoms with van der Waals surface area (Å²) in [6.45, 7) is 4.56. The number of carbonyl (C=O) groups excluding carboxylic acids is 2. The number of para-hydroxylation sites is 1. The largest absolute Gasteiger partial charge is 0.350 e. The summed E-state index contributed by atoms with van der Waals surface area (Å²) in [6, 6.07) is 20.3. The highest BCUT2D eigenvalue weighted by Crippen LogP contribution is 2.28. The van der Waals surface area contributed by atoms with E-state index in [2.05, 4.69) is 5.32 Å². The van der Waals surface area contributed by atoms with Crippen LogP contribution in [-0.4, -0.2) is 49.5 Å². The first-order chi connectivity index (χ1) is 18.3. The molecular weight excluding hydrogens is 541 g/mol. The number of rotatable bonds is 10. The Morgan fingerprint density at radius 2 is 1.54 bits per heavy atom. The molecule has 0 aliphatic carbocycles. The van der Waals surface area contributed by atoms with Crippen molar-refractivity contribution >= 4 is 39.1 Å². The minimum Gasteiger partial charge on any atom is -0.350 e. The van der Waals surface area contributed by atoms with Gasteiger partial charge >= 0.3 is 0 Å². The maximum absolute atomic E-state index is 14.8. The first-order valence-electron chi connectivity index (χ1n) is 12.4. The average Bonchev–Trinajstić information content (AvgIpc) is 2.85. The number of hydrogen-bond acceptors (Lipinski definition) is 4. The van der Waals surface area contributed by atoms with Gasteiger partial charge in [-0.2, -0.15) is 0 Å². The van der Waals surface area contributed by atoms with Crippen LogP contribution in [0.4, 0.5) is 10.1 Å². The molecule has 208 valence electrons. The fraction of sp³-hybridized carbons (Fsp3) is 0.310. The number of nitrogens with zero attached hydrogens (tertiary/aromatic N) is 2. The second kappa shape index (κ2) is 12.6. The molecule has 0 bridgehead atoms. The molecule has 3 rings (SSSR count). The molecule has 10 heteroatoms. The van der Waals surface area contributed by atoms with Gasteiger partial charge in [-0.3, -0.25) is 13.9 Å². The molecule has 39 heavy (non-hydrogen) atoms. The highest BCUT2D eigenvalue weighted by molar-refractivity contribution is 7.92. The molecule has 0 unspecified atom stereocenters. The summed E-state index contributed by atoms with van der Waals surface area (Å²) in [5, 5.41) is 3.06. The molecule has 0 radical (unpaired) electrons. The molecule has 0 saturated carbocycles. The van der Waals surface area contributed by atoms with Crippen molar-refractivity contribution in [2.75, 3.05) is 17.1 Å². The molecule has 0 spiro atoms. The molecule has 7 nitrogen and oxygen atoms in total. The summed E-state index contributed by atoms with van der Waals surface area (Å²) in [5.74, 6) is -1.68. The minimum atomic E-state index is -3.96. The van der Waals surface area contributed by atoms with Gasteiger partial charge in [-0.25, -0.2) is 12.8 Å². The Balaban J connectivity index is 2.10. The van der Waals surface area contributed by atoms with Crippen LogP contribution < -0.4 is 9.62 Å². The summed E-state index contributed by atoms with van der Waals surface area (Å²) in [4.78, 5) is 28.9. The quantitative estimate of drug-likeness (QED) is 0.377. The van der Waals surface area contributed by atoms with Crippen LogP contribution in [0.3, 0.4) is 0 Å². The van der Waals surface area contributed by atoms with Gasteiger partial charge in [0.05, 0.1) is 17.0 Å². The summed E-state index contributed by atoms with van der Waals surface area (Å²) >= 11 is 6.29. The van der Waals surface area contributed by atoms with E-state index in [1.54, 1.807) is 18.2 Å². The first kappa shape index (κ1) is 30.1. The van der Waals surface area contributed by atoms with Crippen LogP contribution in [-0.2, 0) is 32.6 Å². The molecule has 0 fully saturated rings. The van der Waals surface area contributed by atoms with E-state index in [4.69, 9.17) is 11.6 Å². The molecule has 0 aliphatic rings. The van der Waals surface area contributed by atoms with E-state index in [0.717, 1.165) is 16.1 Å². The zero-order valence-electron chi connectivity index (χ0n) is 22.4. The van der Waals surface area contributed by atoms with Crippen molar-refractivity contribution in [2.24, 2.45) is 0 Å². The van der Waals surface area contributed by atoms with Crippen LogP contribution in [0.2, 0.25) is 5.02 Å². The first-order valence-corrected chi connectivity index (χ1v) is 14.6. The highest BCUT2D eigenvalue weighted by Gasteiger charge is 2.35. The molecule has 1 atom stereocenters. The average molecular weight is 574 g/mol. The van der Waals surface area contributed by atoms with E-state index in [-0.39, 0.29) is 29.2 Å². The van der Waals surface area contributed by atoms with Crippen molar-refractivity contribution in [3.05, 3.63) is 101 Å². The molecule has 2 amide bonds. The van der Waals surface area contributed by atoms with Gasteiger partial charge in [-0.15, -0.1) is 0 Å². The molecule has 0 aliphatic heterocycles. The van der Waals surface area contributed by atoms with E-state index < -0.39 is 45.8 Å². The van der Waals surface area contributed by atoms with Crippen LogP contribution >= 0.6 is 11.6 Å². The predicted octanol–water partition coefficient (Wildman–Crippen LogP) is 4.80. The minimum absolute atomic E-state index is 0.125. The van der Waals surface area contributed by atoms with Gasteiger partial charge in [0.15, 0.2) is 0 Å². The smallest absolute Gasteiger partial charge is 0.244 e. The lowest BCUT2D eigenvalue weighted by Gasteiger charge is -2.35. The van der Waals surface area contributed by atoms with Crippen LogP contribution in [0, 0.1) is 5.82 Å². The molecule has 1 N–H and O–H groups in total. The third kappa shape index (κ3) is 8.53. The Morgan fingerprint density at radius 1 is 0.949 bits per heavy atom. The molecular formula is C29H33ClFN3O4S. The number of carbonyl (C=O) groups is 2. The molecule has 0 aromatic heterocycles. The van der Waals surface area contributed by atoms with Gasteiger partial charge in [0.1, 0.15) is 18.4 Å². The maximum Gasteiger partial charge on any atom is 0.244 e. The van der Waals surface area contributed by atoms with Crippen LogP contribution in [0.1, 0.15) is 31.9 Å². The van der Waals surface area contributed by atoms with Gasteiger partial charge in [-0.1, -0.05) is 72.3 Å². The topological polar surface area (TPSA) is 86.8 Å². The van der Waals surface area contributed by atoms with E-state index in [0.29, 0.717) is 0 Å². The third-order valence-electron chi connectivity index (χ3n) is 5.87. The Kier molecular flexibility index (Phi) is 9.74. The van der Waals surface area contributed by atoms with Crippen LogP contribution in [0.25, 0.3) is 0 Å². The Labute approximate surface area is 234 Å². The Morgan fingerprint density at radius 3 is 2.13 bits per heavy atom. The van der Waals surface area contributed by atoms with E-state index in [1.165, 1.54) is 35.2 Å². The van der Waals surface area contributed by atoms with Crippen molar-refractivity contribution in [3.63, 3.8) is 0 Å². The lowest BCUT2D eigenvalue weighted by molar-refractivity contribution is -0.140. The molecule has 3 aromatic rings. The molecule has 0 heterocycles. The van der Waals surface area contributed by atoms with Crippen molar-refractivity contribution in [2.45, 2.75) is 45.3 Å². The summed E-state index contributed by atoms with van der Waals surface area (Å²) < 4.78 is 41.3. The van der Waals surface area contributed by atoms with Gasteiger partial charge in [0.25, 0.3) is 0 Å². The van der Waals surface area contributed by atoms with Crippen molar-refractivity contribution < 1.29 is 22.4 Å². The van der Waals surface area contributed by atoms with Crippen molar-refractivity contribution in [3.8, 4) is 0 Å². The van der Waals surface area contributed by atoms with Crippen LogP contribution in [0.15, 0.2) is 78.9 Å². The predicted molar refractivity (Wildman–Crippen MR) is 152 cm³/mol. The number of anilines is 1. The monoisotopic (exact) mass is 573 g/mol. The second-order valence-electron chi connectivity index (χ2n) is 10.3. The molecule has 3 aromatic carbocycles. The zero-order chi connectivity index (χ0) is 28.8. The Bertz CT molecular complexity index is 1410. The van der Waals surface area contributed by atoms with Crippen molar-refractivity contribution in [1.82, 2.24) is 10.2 Å². The Hall–Kier alpha value is -3.43. The lowest BCUT2D eigenvalue weighted by atomic mass is 10.0. The fourth-order valence-electron chi connectivity index (χ4n) is 4.07. The SMILES string of the molecule is CC(C)(C)NC(=O)[C@@H](Cc1ccccc1)N(Cc1ccccc1F)C(=O)CN(c1ccccc1Cl)S(C)(=O)=O. The van der Waals surface area contributed by atoms with E-state index in [1.807, 2.05) is 51.1 Å². The normalized spacial score (nSPS) is 12.5. The zero-order valence-corrected chi connectivity index (χ0v) is 24.0. The number of halogens is 2. The summed E-state index contributed by atoms with van der Waals surface area (Å²) in [7, 11) is -3.96. The number of hydrogen-bond donors (Lipinski definition) is 1. The van der Waals surface area contributed by atoms with Crippen molar-refractivity contribution in [1.29, 1.82) is 0 Å². The maximum atomic E-state index is 14.8. The fourth-order valence-corrected chi connectivity index (χ4v) is 5.22. The van der Waals surface area contributed by atoms with Gasteiger partial charge in [0.2, 0.25) is 21.8 Å². The standard InChI is InChI=1S/C29H33ClFN3O4S/c1-29(2,3)32-28(36)26(18-21-12-6-5-7-13-21)33(19-22-14-8-10-16-24(22)31)27(35)20-34(39(4,37)38)25-17-11-9-15-23(25)30/h5-17,26H,18-20H2,1-4H3,(H,32,36)/t26-/m1/s1. The number of nitrogens with one attached hydrogen (secondary N) is 1. The number of sulfonamides is 1. The van der Waals surface area contributed by atoms with Crippen LogP contribution in [0.5, 0.6) is 0 Å². The van der Waals surface area contributed by atoms with E-state index >= 15 is 0 Å². The second-order valence-corrected chi connectivity index (χ2v) is 12.6. The number of amides is 2. The highest BCUT2D eigenvalue weighted by atomic mass is 35.5. The molecule has 0 saturated heterocycles. The third-order valence-corrected chi connectivity index (χ3v) is 7.31.